The van der Waals surface area contributed by atoms with Gasteiger partial charge in [-0.1, -0.05) is 35.6 Å². The summed E-state index contributed by atoms with van der Waals surface area (Å²) in [7, 11) is 0. The van der Waals surface area contributed by atoms with E-state index >= 15 is 0 Å². The van der Waals surface area contributed by atoms with Crippen molar-refractivity contribution in [2.45, 2.75) is 25.4 Å². The molecule has 0 fully saturated rings. The fourth-order valence-electron chi connectivity index (χ4n) is 2.43. The number of benzene rings is 1. The lowest BCUT2D eigenvalue weighted by Crippen LogP contribution is -2.14. The van der Waals surface area contributed by atoms with Gasteiger partial charge in [-0.05, 0) is 42.5 Å². The first-order chi connectivity index (χ1) is 8.86. The van der Waals surface area contributed by atoms with Crippen LogP contribution < -0.4 is 4.74 Å². The molecule has 0 spiro atoms. The molecule has 1 atom stereocenters. The third-order valence-corrected chi connectivity index (χ3v) is 4.19. The minimum Gasteiger partial charge on any atom is -0.476 e. The summed E-state index contributed by atoms with van der Waals surface area (Å²) in [6.07, 6.45) is 4.35. The van der Waals surface area contributed by atoms with Gasteiger partial charge in [0.2, 0.25) is 0 Å². The number of hydrogen-bond acceptors (Lipinski definition) is 3. The van der Waals surface area contributed by atoms with E-state index in [4.69, 9.17) is 4.74 Å². The monoisotopic (exact) mass is 258 g/mol. The Labute approximate surface area is 110 Å². The summed E-state index contributed by atoms with van der Waals surface area (Å²) in [5, 5.41) is 0.832. The number of aryl methyl sites for hydroxylation is 1. The average molecular weight is 258 g/mol. The predicted molar refractivity (Wildman–Crippen MR) is 72.5 cm³/mol. The van der Waals surface area contributed by atoms with Gasteiger partial charge in [0.15, 0.2) is 11.3 Å². The first kappa shape index (κ1) is 11.5. The molecule has 0 aliphatic heterocycles. The van der Waals surface area contributed by atoms with E-state index in [0.29, 0.717) is 4.88 Å². The van der Waals surface area contributed by atoms with E-state index in [1.807, 2.05) is 12.1 Å². The first-order valence-electron chi connectivity index (χ1n) is 6.16. The Morgan fingerprint density at radius 1 is 1.22 bits per heavy atom. The van der Waals surface area contributed by atoms with Gasteiger partial charge >= 0.3 is 0 Å². The number of hydrogen-bond donors (Lipinski definition) is 0. The molecule has 3 rings (SSSR count). The fraction of sp³-hybridized carbons (Fsp3) is 0.267. The smallest absolute Gasteiger partial charge is 0.175 e. The molecule has 3 heteroatoms. The van der Waals surface area contributed by atoms with Gasteiger partial charge < -0.3 is 4.74 Å². The van der Waals surface area contributed by atoms with Crippen LogP contribution in [0, 0.1) is 0 Å². The molecule has 0 N–H and O–H groups in total. The summed E-state index contributed by atoms with van der Waals surface area (Å²) in [4.78, 5) is 11.4. The van der Waals surface area contributed by atoms with E-state index < -0.39 is 0 Å². The Morgan fingerprint density at radius 3 is 2.94 bits per heavy atom. The minimum absolute atomic E-state index is 0.133. The molecule has 1 heterocycles. The second kappa shape index (κ2) is 4.94. The predicted octanol–water partition coefficient (Wildman–Crippen LogP) is 4.02. The molecule has 1 aromatic heterocycles. The fourth-order valence-corrected chi connectivity index (χ4v) is 3.15. The highest BCUT2D eigenvalue weighted by molar-refractivity contribution is 7.15. The van der Waals surface area contributed by atoms with Gasteiger partial charge in [0.25, 0.3) is 0 Å². The molecular formula is C15H14O2S. The van der Waals surface area contributed by atoms with Gasteiger partial charge in [-0.15, -0.1) is 0 Å². The Hall–Kier alpha value is -1.61. The lowest BCUT2D eigenvalue weighted by molar-refractivity contribution is 0.112. The van der Waals surface area contributed by atoms with Gasteiger partial charge in [0.05, 0.1) is 4.88 Å². The van der Waals surface area contributed by atoms with Gasteiger partial charge in [-0.2, -0.15) is 0 Å². The van der Waals surface area contributed by atoms with Crippen molar-refractivity contribution in [1.29, 1.82) is 0 Å². The molecule has 0 saturated heterocycles. The van der Waals surface area contributed by atoms with Crippen molar-refractivity contribution in [2.24, 2.45) is 0 Å². The molecule has 1 aromatic carbocycles. The topological polar surface area (TPSA) is 26.3 Å². The Bertz CT molecular complexity index is 559. The van der Waals surface area contributed by atoms with Crippen LogP contribution in [-0.4, -0.2) is 6.29 Å². The van der Waals surface area contributed by atoms with Gasteiger partial charge in [-0.3, -0.25) is 4.79 Å². The molecular weight excluding hydrogens is 244 g/mol. The van der Waals surface area contributed by atoms with Crippen LogP contribution >= 0.6 is 11.3 Å². The number of carbonyl (C=O) groups excluding carboxylic acids is 1. The summed E-state index contributed by atoms with van der Waals surface area (Å²) in [5.74, 6) is 0. The lowest BCUT2D eigenvalue weighted by atomic mass is 9.89. The molecule has 1 aliphatic carbocycles. The standard InChI is InChI=1S/C15H14O2S/c16-10-12-8-9-15(18-12)17-14-7-3-5-11-4-1-2-6-13(11)14/h1-2,4,6,8-10,14H,3,5,7H2. The van der Waals surface area contributed by atoms with Gasteiger partial charge in [0, 0.05) is 0 Å². The van der Waals surface area contributed by atoms with Gasteiger partial charge in [-0.25, -0.2) is 0 Å². The van der Waals surface area contributed by atoms with E-state index in [1.54, 1.807) is 0 Å². The van der Waals surface area contributed by atoms with E-state index in [0.717, 1.165) is 30.6 Å². The van der Waals surface area contributed by atoms with E-state index in [2.05, 4.69) is 24.3 Å². The van der Waals surface area contributed by atoms with Crippen molar-refractivity contribution in [3.05, 3.63) is 52.4 Å². The summed E-state index contributed by atoms with van der Waals surface area (Å²) in [5.41, 5.74) is 2.69. The number of thiophene rings is 1. The van der Waals surface area contributed by atoms with Crippen LogP contribution in [0.25, 0.3) is 0 Å². The molecule has 0 amide bonds. The maximum Gasteiger partial charge on any atom is 0.175 e. The zero-order valence-corrected chi connectivity index (χ0v) is 10.8. The van der Waals surface area contributed by atoms with Crippen LogP contribution in [0.4, 0.5) is 0 Å². The number of carbonyl (C=O) groups is 1. The number of rotatable bonds is 3. The SMILES string of the molecule is O=Cc1ccc(OC2CCCc3ccccc32)s1. The number of ether oxygens (including phenoxy) is 1. The molecule has 0 bridgehead atoms. The van der Waals surface area contributed by atoms with E-state index in [1.165, 1.54) is 22.5 Å². The highest BCUT2D eigenvalue weighted by Crippen LogP contribution is 2.35. The molecule has 18 heavy (non-hydrogen) atoms. The molecule has 92 valence electrons. The maximum atomic E-state index is 10.7. The molecule has 2 aromatic rings. The molecule has 0 radical (unpaired) electrons. The van der Waals surface area contributed by atoms with Crippen molar-refractivity contribution in [2.75, 3.05) is 0 Å². The number of fused-ring (bicyclic) bond motifs is 1. The minimum atomic E-state index is 0.133. The quantitative estimate of drug-likeness (QED) is 0.777. The van der Waals surface area contributed by atoms with Crippen molar-refractivity contribution in [3.8, 4) is 5.06 Å². The number of aldehydes is 1. The summed E-state index contributed by atoms with van der Waals surface area (Å²) < 4.78 is 6.02. The Balaban J connectivity index is 1.83. The Kier molecular flexibility index (Phi) is 3.15. The second-order valence-corrected chi connectivity index (χ2v) is 5.55. The summed E-state index contributed by atoms with van der Waals surface area (Å²) in [6.45, 7) is 0. The van der Waals surface area contributed by atoms with Crippen LogP contribution in [-0.2, 0) is 6.42 Å². The largest absolute Gasteiger partial charge is 0.476 e. The van der Waals surface area contributed by atoms with Crippen molar-refractivity contribution in [1.82, 2.24) is 0 Å². The van der Waals surface area contributed by atoms with Crippen LogP contribution in [0.1, 0.15) is 39.7 Å². The zero-order chi connectivity index (χ0) is 12.4. The van der Waals surface area contributed by atoms with Gasteiger partial charge in [0.1, 0.15) is 6.10 Å². The van der Waals surface area contributed by atoms with Crippen LogP contribution in [0.5, 0.6) is 5.06 Å². The average Bonchev–Trinajstić information content (AvgIpc) is 2.87. The lowest BCUT2D eigenvalue weighted by Gasteiger charge is -2.25. The highest BCUT2D eigenvalue weighted by atomic mass is 32.1. The molecule has 1 aliphatic rings. The first-order valence-corrected chi connectivity index (χ1v) is 6.98. The van der Waals surface area contributed by atoms with Crippen molar-refractivity contribution < 1.29 is 9.53 Å². The summed E-state index contributed by atoms with van der Waals surface area (Å²) in [6, 6.07) is 12.2. The van der Waals surface area contributed by atoms with E-state index in [9.17, 15) is 4.79 Å². The molecule has 1 unspecified atom stereocenters. The third-order valence-electron chi connectivity index (χ3n) is 3.29. The van der Waals surface area contributed by atoms with Crippen molar-refractivity contribution >= 4 is 17.6 Å². The van der Waals surface area contributed by atoms with Crippen molar-refractivity contribution in [3.63, 3.8) is 0 Å². The third kappa shape index (κ3) is 2.18. The maximum absolute atomic E-state index is 10.7. The normalized spacial score (nSPS) is 18.1. The molecule has 2 nitrogen and oxygen atoms in total. The zero-order valence-electron chi connectivity index (χ0n) is 9.96. The summed E-state index contributed by atoms with van der Waals surface area (Å²) >= 11 is 1.41. The highest BCUT2D eigenvalue weighted by Gasteiger charge is 2.21. The molecule has 0 saturated carbocycles. The van der Waals surface area contributed by atoms with Crippen LogP contribution in [0.15, 0.2) is 36.4 Å². The van der Waals surface area contributed by atoms with E-state index in [-0.39, 0.29) is 6.10 Å². The Morgan fingerprint density at radius 2 is 2.11 bits per heavy atom. The van der Waals surface area contributed by atoms with Crippen LogP contribution in [0.3, 0.4) is 0 Å². The van der Waals surface area contributed by atoms with Crippen LogP contribution in [0.2, 0.25) is 0 Å². The second-order valence-electron chi connectivity index (χ2n) is 4.47.